The van der Waals surface area contributed by atoms with Gasteiger partial charge in [0.05, 0.1) is 0 Å². The summed E-state index contributed by atoms with van der Waals surface area (Å²) in [5.41, 5.74) is 0.889. The summed E-state index contributed by atoms with van der Waals surface area (Å²) in [7, 11) is 0. The minimum atomic E-state index is 0.889. The number of hydrogen-bond donors (Lipinski definition) is 0. The molecule has 0 unspecified atom stereocenters. The van der Waals surface area contributed by atoms with Gasteiger partial charge in [-0.25, -0.2) is 0 Å². The molecule has 0 saturated carbocycles. The Morgan fingerprint density at radius 2 is 2.25 bits per heavy atom. The van der Waals surface area contributed by atoms with Gasteiger partial charge in [0.1, 0.15) is 0 Å². The van der Waals surface area contributed by atoms with Crippen molar-refractivity contribution in [1.29, 1.82) is 5.39 Å². The first kappa shape index (κ1) is 3.51. The molecule has 0 aromatic heterocycles. The second-order valence-electron chi connectivity index (χ2n) is 0.221. The standard InChI is InChI=1S/CHN2S/c2-3-1-4/h1H/q+1. The number of hydrogen-bond acceptors (Lipinski definition) is 2. The highest BCUT2D eigenvalue weighted by molar-refractivity contribution is 7.79. The zero-order chi connectivity index (χ0) is 3.41. The molecule has 0 bridgehead atoms. The molecule has 0 aliphatic carbocycles. The third kappa shape index (κ3) is 1.51. The van der Waals surface area contributed by atoms with Crippen LogP contribution in [0.1, 0.15) is 0 Å². The van der Waals surface area contributed by atoms with Gasteiger partial charge in [0.15, 0.2) is 4.98 Å². The average molecular weight is 73.1 g/mol. The Morgan fingerprint density at radius 1 is 2.00 bits per heavy atom. The summed E-state index contributed by atoms with van der Waals surface area (Å²) in [5, 5.41) is 7.34. The quantitative estimate of drug-likeness (QED) is 0.313. The zero-order valence-electron chi connectivity index (χ0n) is 1.88. The van der Waals surface area contributed by atoms with Crippen LogP contribution in [0.15, 0.2) is 0 Å². The fourth-order valence-corrected chi connectivity index (χ4v) is 0. The van der Waals surface area contributed by atoms with E-state index >= 15 is 0 Å². The first-order valence-corrected chi connectivity index (χ1v) is 1.17. The minimum Gasteiger partial charge on any atom is 0.0101 e. The minimum absolute atomic E-state index is 0.889. The predicted molar refractivity (Wildman–Crippen MR) is 18.7 cm³/mol. The summed E-state index contributed by atoms with van der Waals surface area (Å²) in [6.07, 6.45) is 0. The van der Waals surface area contributed by atoms with Gasteiger partial charge < -0.3 is 0 Å². The predicted octanol–water partition coefficient (Wildman–Crippen LogP) is 0.797. The summed E-state index contributed by atoms with van der Waals surface area (Å²) < 4.78 is 0. The van der Waals surface area contributed by atoms with Crippen LogP contribution in [0.25, 0.3) is 4.98 Å². The molecule has 0 rings (SSSR count). The molecule has 0 N–H and O–H groups in total. The highest BCUT2D eigenvalue weighted by Crippen LogP contribution is 1.44. The van der Waals surface area contributed by atoms with Crippen molar-refractivity contribution >= 4 is 17.7 Å². The summed E-state index contributed by atoms with van der Waals surface area (Å²) in [6.45, 7) is 0. The van der Waals surface area contributed by atoms with Crippen LogP contribution in [0.4, 0.5) is 0 Å². The van der Waals surface area contributed by atoms with Crippen molar-refractivity contribution in [3.8, 4) is 0 Å². The Kier molecular flexibility index (Phi) is 2.20. The number of thiocarbonyl (C=S) groups is 1. The molecule has 0 saturated heterocycles. The third-order valence-corrected chi connectivity index (χ3v) is 0.141. The summed E-state index contributed by atoms with van der Waals surface area (Å²) >= 11 is 4.01. The van der Waals surface area contributed by atoms with Gasteiger partial charge in [-0.15, -0.1) is 0 Å². The van der Waals surface area contributed by atoms with Gasteiger partial charge >= 0.3 is 5.49 Å². The fraction of sp³-hybridized carbons (Fsp3) is 0. The maximum absolute atomic E-state index is 7.34. The normalized spacial score (nSPS) is 3.75. The lowest BCUT2D eigenvalue weighted by Crippen LogP contribution is -1.29. The van der Waals surface area contributed by atoms with Crippen LogP contribution in [0.3, 0.4) is 0 Å². The van der Waals surface area contributed by atoms with Crippen molar-refractivity contribution in [3.63, 3.8) is 0 Å². The molecule has 0 heterocycles. The Balaban J connectivity index is 2.92. The molecule has 0 aliphatic heterocycles. The van der Waals surface area contributed by atoms with Crippen molar-refractivity contribution in [2.45, 2.75) is 0 Å². The van der Waals surface area contributed by atoms with E-state index in [9.17, 15) is 0 Å². The van der Waals surface area contributed by atoms with Crippen molar-refractivity contribution in [1.82, 2.24) is 0 Å². The first-order chi connectivity index (χ1) is 1.91. The van der Waals surface area contributed by atoms with Crippen molar-refractivity contribution in [2.75, 3.05) is 0 Å². The van der Waals surface area contributed by atoms with Gasteiger partial charge in [-0.3, -0.25) is 0 Å². The lowest BCUT2D eigenvalue weighted by Gasteiger charge is -1.07. The van der Waals surface area contributed by atoms with E-state index in [2.05, 4.69) is 17.2 Å². The lowest BCUT2D eigenvalue weighted by atomic mass is 11.6. The molecule has 0 fully saturated rings. The van der Waals surface area contributed by atoms with Crippen molar-refractivity contribution < 1.29 is 0 Å². The van der Waals surface area contributed by atoms with Crippen LogP contribution in [0, 0.1) is 5.39 Å². The Hall–Kier alpha value is -0.490. The molecule has 0 amide bonds. The van der Waals surface area contributed by atoms with Crippen molar-refractivity contribution in [2.24, 2.45) is 0 Å². The smallest absolute Gasteiger partial charge is 0.0101 e. The largest absolute Gasteiger partial charge is 0.415 e. The van der Waals surface area contributed by atoms with Gasteiger partial charge in [0, 0.05) is 12.2 Å². The van der Waals surface area contributed by atoms with E-state index in [1.165, 1.54) is 0 Å². The van der Waals surface area contributed by atoms with E-state index in [0.29, 0.717) is 0 Å². The molecule has 0 aromatic carbocycles. The molecule has 3 heteroatoms. The molecule has 4 heavy (non-hydrogen) atoms. The average Bonchev–Trinajstić information content (AvgIpc) is 1.37. The second kappa shape index (κ2) is 2.51. The van der Waals surface area contributed by atoms with E-state index in [4.69, 9.17) is 5.39 Å². The molecule has 0 radical (unpaired) electrons. The molecule has 0 atom stereocenters. The molecular weight excluding hydrogens is 72.1 g/mol. The Bertz CT molecular complexity index is 51.5. The molecule has 0 spiro atoms. The summed E-state index contributed by atoms with van der Waals surface area (Å²) in [6, 6.07) is 0. The van der Waals surface area contributed by atoms with Gasteiger partial charge in [-0.05, 0) is 0 Å². The van der Waals surface area contributed by atoms with Crippen LogP contribution in [-0.4, -0.2) is 5.49 Å². The summed E-state index contributed by atoms with van der Waals surface area (Å²) in [4.78, 5) is 2.43. The Morgan fingerprint density at radius 3 is 2.25 bits per heavy atom. The third-order valence-electron chi connectivity index (χ3n) is 0.0471. The van der Waals surface area contributed by atoms with Crippen LogP contribution in [-0.2, 0) is 0 Å². The van der Waals surface area contributed by atoms with E-state index < -0.39 is 0 Å². The topological polar surface area (TPSA) is 28.1 Å². The molecule has 20 valence electrons. The zero-order valence-corrected chi connectivity index (χ0v) is 2.70. The number of nitrogens with zero attached hydrogens (tertiary/aromatic N) is 2. The van der Waals surface area contributed by atoms with Crippen LogP contribution in [0.5, 0.6) is 0 Å². The highest BCUT2D eigenvalue weighted by Gasteiger charge is 1.59. The Labute approximate surface area is 29.1 Å². The van der Waals surface area contributed by atoms with E-state index in [-0.39, 0.29) is 0 Å². The van der Waals surface area contributed by atoms with Gasteiger partial charge in [0.2, 0.25) is 5.39 Å². The SMILES string of the molecule is N#[N+]C=S. The van der Waals surface area contributed by atoms with Gasteiger partial charge in [-0.2, -0.15) is 0 Å². The highest BCUT2D eigenvalue weighted by atomic mass is 32.1. The number of rotatable bonds is 0. The fourth-order valence-electron chi connectivity index (χ4n) is 0. The lowest BCUT2D eigenvalue weighted by molar-refractivity contribution is 1.51. The van der Waals surface area contributed by atoms with Crippen LogP contribution in [0.2, 0.25) is 0 Å². The maximum atomic E-state index is 7.34. The molecule has 0 aromatic rings. The van der Waals surface area contributed by atoms with Crippen LogP contribution < -0.4 is 0 Å². The molecular formula is CHN2S+. The second-order valence-corrected chi connectivity index (χ2v) is 0.432. The van der Waals surface area contributed by atoms with E-state index in [0.717, 1.165) is 5.49 Å². The maximum Gasteiger partial charge on any atom is 0.415 e. The molecule has 0 aliphatic rings. The van der Waals surface area contributed by atoms with Crippen molar-refractivity contribution in [3.05, 3.63) is 4.98 Å². The van der Waals surface area contributed by atoms with Gasteiger partial charge in [0.25, 0.3) is 0 Å². The molecule has 2 nitrogen and oxygen atoms in total. The van der Waals surface area contributed by atoms with Gasteiger partial charge in [-0.1, -0.05) is 0 Å². The monoisotopic (exact) mass is 73.0 g/mol. The first-order valence-electron chi connectivity index (χ1n) is 0.694. The van der Waals surface area contributed by atoms with E-state index in [1.807, 2.05) is 0 Å². The summed E-state index contributed by atoms with van der Waals surface area (Å²) in [5.74, 6) is 0. The number of diazo groups is 1. The van der Waals surface area contributed by atoms with E-state index in [1.54, 1.807) is 0 Å². The van der Waals surface area contributed by atoms with Crippen LogP contribution >= 0.6 is 12.2 Å².